The fourth-order valence-electron chi connectivity index (χ4n) is 9.53. The van der Waals surface area contributed by atoms with Crippen molar-refractivity contribution in [1.29, 1.82) is 0 Å². The van der Waals surface area contributed by atoms with Gasteiger partial charge >= 0.3 is 0 Å². The summed E-state index contributed by atoms with van der Waals surface area (Å²) < 4.78 is 0. The summed E-state index contributed by atoms with van der Waals surface area (Å²) in [4.78, 5) is 15.9. The van der Waals surface area contributed by atoms with Crippen LogP contribution in [-0.4, -0.2) is 15.0 Å². The molecule has 1 aromatic heterocycles. The number of hydrogen-bond acceptors (Lipinski definition) is 3. The zero-order valence-electron chi connectivity index (χ0n) is 36.0. The zero-order valence-corrected chi connectivity index (χ0v) is 36.0. The van der Waals surface area contributed by atoms with Crippen molar-refractivity contribution in [3.8, 4) is 89.8 Å². The molecule has 0 amide bonds. The summed E-state index contributed by atoms with van der Waals surface area (Å²) in [5, 5.41) is 7.23. The molecule has 0 aliphatic carbocycles. The van der Waals surface area contributed by atoms with Crippen molar-refractivity contribution in [3.63, 3.8) is 0 Å². The van der Waals surface area contributed by atoms with Crippen LogP contribution in [-0.2, 0) is 0 Å². The molecular weight excluding hydrogens is 799 g/mol. The molecule has 308 valence electrons. The summed E-state index contributed by atoms with van der Waals surface area (Å²) in [6, 6.07) is 88.4. The van der Waals surface area contributed by atoms with Crippen LogP contribution in [0.2, 0.25) is 0 Å². The summed E-state index contributed by atoms with van der Waals surface area (Å²) in [5.41, 5.74) is 14.3. The molecule has 12 aromatic rings. The van der Waals surface area contributed by atoms with E-state index in [2.05, 4.69) is 249 Å². The zero-order chi connectivity index (χ0) is 43.8. The summed E-state index contributed by atoms with van der Waals surface area (Å²) in [6.07, 6.45) is 0. The van der Waals surface area contributed by atoms with Crippen molar-refractivity contribution in [1.82, 2.24) is 15.0 Å². The Balaban J connectivity index is 0.993. The Morgan fingerprint density at radius 3 is 1.38 bits per heavy atom. The van der Waals surface area contributed by atoms with Gasteiger partial charge in [0.05, 0.1) is 0 Å². The molecule has 11 aromatic carbocycles. The fourth-order valence-corrected chi connectivity index (χ4v) is 9.53. The molecule has 0 spiro atoms. The first-order valence-electron chi connectivity index (χ1n) is 22.4. The lowest BCUT2D eigenvalue weighted by Gasteiger charge is -2.15. The van der Waals surface area contributed by atoms with Crippen LogP contribution in [0.15, 0.2) is 249 Å². The van der Waals surface area contributed by atoms with E-state index in [0.29, 0.717) is 17.5 Å². The molecule has 1 heterocycles. The maximum absolute atomic E-state index is 5.33. The van der Waals surface area contributed by atoms with E-state index < -0.39 is 0 Å². The van der Waals surface area contributed by atoms with Crippen molar-refractivity contribution in [3.05, 3.63) is 249 Å². The first kappa shape index (κ1) is 38.9. The molecule has 12 rings (SSSR count). The first-order chi connectivity index (χ1) is 32.7. The normalized spacial score (nSPS) is 11.3. The van der Waals surface area contributed by atoms with Crippen molar-refractivity contribution >= 4 is 32.3 Å². The monoisotopic (exact) mass is 839 g/mol. The SMILES string of the molecule is c1ccc(-c2cccc3c(-c4cccc(-c5nc(-c6ccc(-c7ccccc7-c7ccc8ccccc8c7)cc6)nc(-c6ccccc6-c6cccc7ccccc67)n5)c4)cccc23)cc1. The Morgan fingerprint density at radius 1 is 0.182 bits per heavy atom. The van der Waals surface area contributed by atoms with Crippen LogP contribution in [0.1, 0.15) is 0 Å². The summed E-state index contributed by atoms with van der Waals surface area (Å²) in [6.45, 7) is 0. The third-order valence-corrected chi connectivity index (χ3v) is 12.8. The van der Waals surface area contributed by atoms with Gasteiger partial charge < -0.3 is 0 Å². The Hall–Kier alpha value is -8.79. The minimum Gasteiger partial charge on any atom is -0.208 e. The van der Waals surface area contributed by atoms with E-state index >= 15 is 0 Å². The fraction of sp³-hybridized carbons (Fsp3) is 0. The lowest BCUT2D eigenvalue weighted by atomic mass is 9.92. The van der Waals surface area contributed by atoms with Gasteiger partial charge in [-0.3, -0.25) is 0 Å². The van der Waals surface area contributed by atoms with Crippen molar-refractivity contribution in [2.75, 3.05) is 0 Å². The van der Waals surface area contributed by atoms with E-state index in [9.17, 15) is 0 Å². The second-order valence-electron chi connectivity index (χ2n) is 16.7. The average molecular weight is 840 g/mol. The van der Waals surface area contributed by atoms with Crippen molar-refractivity contribution in [2.45, 2.75) is 0 Å². The van der Waals surface area contributed by atoms with Crippen LogP contribution in [0.3, 0.4) is 0 Å². The molecule has 0 radical (unpaired) electrons. The minimum atomic E-state index is 0.611. The molecular formula is C63H41N3. The van der Waals surface area contributed by atoms with Gasteiger partial charge in [-0.25, -0.2) is 15.0 Å². The molecule has 0 unspecified atom stereocenters. The molecule has 3 heteroatoms. The topological polar surface area (TPSA) is 38.7 Å². The number of nitrogens with zero attached hydrogens (tertiary/aromatic N) is 3. The number of aromatic nitrogens is 3. The Labute approximate surface area is 384 Å². The molecule has 0 fully saturated rings. The maximum atomic E-state index is 5.33. The molecule has 0 bridgehead atoms. The minimum absolute atomic E-state index is 0.611. The van der Waals surface area contributed by atoms with Gasteiger partial charge in [-0.15, -0.1) is 0 Å². The highest BCUT2D eigenvalue weighted by molar-refractivity contribution is 6.05. The van der Waals surface area contributed by atoms with Crippen LogP contribution in [0.5, 0.6) is 0 Å². The Bertz CT molecular complexity index is 3760. The average Bonchev–Trinajstić information content (AvgIpc) is 3.40. The quantitative estimate of drug-likeness (QED) is 0.153. The van der Waals surface area contributed by atoms with Crippen LogP contribution in [0.4, 0.5) is 0 Å². The van der Waals surface area contributed by atoms with E-state index in [1.165, 1.54) is 60.1 Å². The van der Waals surface area contributed by atoms with Gasteiger partial charge in [0.1, 0.15) is 0 Å². The highest BCUT2D eigenvalue weighted by atomic mass is 15.0. The third-order valence-electron chi connectivity index (χ3n) is 12.8. The lowest BCUT2D eigenvalue weighted by Crippen LogP contribution is -2.01. The number of benzene rings is 11. The summed E-state index contributed by atoms with van der Waals surface area (Å²) in [7, 11) is 0. The molecule has 0 atom stereocenters. The molecule has 66 heavy (non-hydrogen) atoms. The van der Waals surface area contributed by atoms with Gasteiger partial charge in [0.25, 0.3) is 0 Å². The number of fused-ring (bicyclic) bond motifs is 3. The summed E-state index contributed by atoms with van der Waals surface area (Å²) >= 11 is 0. The van der Waals surface area contributed by atoms with Crippen molar-refractivity contribution in [2.24, 2.45) is 0 Å². The highest BCUT2D eigenvalue weighted by Crippen LogP contribution is 2.40. The van der Waals surface area contributed by atoms with Gasteiger partial charge in [-0.05, 0) is 100 Å². The van der Waals surface area contributed by atoms with Gasteiger partial charge in [0.2, 0.25) is 0 Å². The highest BCUT2D eigenvalue weighted by Gasteiger charge is 2.18. The first-order valence-corrected chi connectivity index (χ1v) is 22.4. The predicted octanol–water partition coefficient (Wildman–Crippen LogP) is 16.7. The molecule has 0 aliphatic heterocycles. The van der Waals surface area contributed by atoms with E-state index in [1.807, 2.05) is 0 Å². The third kappa shape index (κ3) is 7.19. The van der Waals surface area contributed by atoms with E-state index in [0.717, 1.165) is 44.5 Å². The molecule has 0 saturated heterocycles. The second-order valence-corrected chi connectivity index (χ2v) is 16.7. The summed E-state index contributed by atoms with van der Waals surface area (Å²) in [5.74, 6) is 1.84. The van der Waals surface area contributed by atoms with Gasteiger partial charge in [-0.2, -0.15) is 0 Å². The predicted molar refractivity (Wildman–Crippen MR) is 276 cm³/mol. The standard InChI is InChI=1S/C63H41N3/c1-2-17-43(18-3-1)53-29-14-33-58-55(30-15-32-56(53)58)48-22-12-23-50(41-48)62-64-61(65-63(66-62)60-28-11-10-27-59(60)57-31-13-21-44-19-6-7-25-52(44)57)46-37-35-45(36-38-46)51-24-8-9-26-54(51)49-39-34-42-16-4-5-20-47(42)40-49/h1-41H. The van der Waals surface area contributed by atoms with Gasteiger partial charge in [0, 0.05) is 16.7 Å². The number of hydrogen-bond donors (Lipinski definition) is 0. The Morgan fingerprint density at radius 2 is 0.606 bits per heavy atom. The molecule has 0 N–H and O–H groups in total. The van der Waals surface area contributed by atoms with E-state index in [1.54, 1.807) is 0 Å². The van der Waals surface area contributed by atoms with Crippen LogP contribution in [0, 0.1) is 0 Å². The van der Waals surface area contributed by atoms with E-state index in [-0.39, 0.29) is 0 Å². The van der Waals surface area contributed by atoms with Crippen LogP contribution in [0.25, 0.3) is 122 Å². The molecule has 0 aliphatic rings. The smallest absolute Gasteiger partial charge is 0.164 e. The van der Waals surface area contributed by atoms with Gasteiger partial charge in [0.15, 0.2) is 17.5 Å². The lowest BCUT2D eigenvalue weighted by molar-refractivity contribution is 1.07. The second kappa shape index (κ2) is 16.7. The van der Waals surface area contributed by atoms with Gasteiger partial charge in [-0.1, -0.05) is 237 Å². The van der Waals surface area contributed by atoms with Crippen LogP contribution < -0.4 is 0 Å². The maximum Gasteiger partial charge on any atom is 0.164 e. The van der Waals surface area contributed by atoms with Crippen molar-refractivity contribution < 1.29 is 0 Å². The molecule has 0 saturated carbocycles. The van der Waals surface area contributed by atoms with E-state index in [4.69, 9.17) is 15.0 Å². The van der Waals surface area contributed by atoms with Crippen LogP contribution >= 0.6 is 0 Å². The largest absolute Gasteiger partial charge is 0.208 e. The number of rotatable bonds is 8. The Kier molecular flexibility index (Phi) is 9.85. The molecule has 3 nitrogen and oxygen atoms in total.